The summed E-state index contributed by atoms with van der Waals surface area (Å²) in [6, 6.07) is 3.58. The fourth-order valence-corrected chi connectivity index (χ4v) is 0.673. The maximum atomic E-state index is 10.0. The van der Waals surface area contributed by atoms with E-state index in [-0.39, 0.29) is 19.0 Å². The zero-order valence-electron chi connectivity index (χ0n) is 8.55. The number of ether oxygens (including phenoxy) is 1. The summed E-state index contributed by atoms with van der Waals surface area (Å²) in [5.41, 5.74) is 4.51. The van der Waals surface area contributed by atoms with E-state index in [0.29, 0.717) is 5.02 Å². The highest BCUT2D eigenvalue weighted by molar-refractivity contribution is 6.31. The lowest BCUT2D eigenvalue weighted by molar-refractivity contribution is -0.153. The summed E-state index contributed by atoms with van der Waals surface area (Å²) < 4.78 is 4.19. The van der Waals surface area contributed by atoms with E-state index in [9.17, 15) is 9.59 Å². The summed E-state index contributed by atoms with van der Waals surface area (Å²) in [6.45, 7) is 1.78. The highest BCUT2D eigenvalue weighted by Gasteiger charge is 2.06. The van der Waals surface area contributed by atoms with Crippen molar-refractivity contribution in [2.75, 3.05) is 6.61 Å². The van der Waals surface area contributed by atoms with Crippen molar-refractivity contribution in [2.24, 2.45) is 5.73 Å². The molecule has 1 aromatic rings. The maximum absolute atomic E-state index is 10.0. The van der Waals surface area contributed by atoms with Crippen LogP contribution in [0.5, 0.6) is 0 Å². The van der Waals surface area contributed by atoms with Gasteiger partial charge in [0.1, 0.15) is 0 Å². The number of hydrogen-bond acceptors (Lipinski definition) is 4. The monoisotopic (exact) mass is 266 g/mol. The molecular formula is C9H12Cl2N2O3. The normalized spacial score (nSPS) is 7.88. The van der Waals surface area contributed by atoms with Crippen molar-refractivity contribution < 1.29 is 14.3 Å². The summed E-state index contributed by atoms with van der Waals surface area (Å²) >= 11 is 5.48. The van der Waals surface area contributed by atoms with Crippen molar-refractivity contribution in [3.05, 3.63) is 29.5 Å². The molecule has 5 nitrogen and oxygen atoms in total. The summed E-state index contributed by atoms with van der Waals surface area (Å²) in [5, 5.41) is 0.683. The number of pyridine rings is 1. The fraction of sp³-hybridized carbons (Fsp3) is 0.222. The highest BCUT2D eigenvalue weighted by atomic mass is 35.5. The summed E-state index contributed by atoms with van der Waals surface area (Å²) in [6.07, 6.45) is 3.29. The maximum Gasteiger partial charge on any atom is 0.396 e. The van der Waals surface area contributed by atoms with Crippen LogP contribution in [0, 0.1) is 0 Å². The van der Waals surface area contributed by atoms with Crippen molar-refractivity contribution in [1.82, 2.24) is 4.98 Å². The molecule has 1 amide bonds. The summed E-state index contributed by atoms with van der Waals surface area (Å²) in [4.78, 5) is 23.6. The molecule has 0 saturated carbocycles. The second-order valence-corrected chi connectivity index (χ2v) is 2.69. The second-order valence-electron chi connectivity index (χ2n) is 2.26. The molecule has 2 N–H and O–H groups in total. The molecule has 0 spiro atoms. The number of amides is 1. The molecular weight excluding hydrogens is 255 g/mol. The molecule has 0 aliphatic rings. The molecule has 0 unspecified atom stereocenters. The third kappa shape index (κ3) is 9.23. The highest BCUT2D eigenvalue weighted by Crippen LogP contribution is 2.00. The Morgan fingerprint density at radius 1 is 1.56 bits per heavy atom. The minimum atomic E-state index is -1.05. The van der Waals surface area contributed by atoms with Gasteiger partial charge in [0.25, 0.3) is 0 Å². The average molecular weight is 267 g/mol. The Hall–Kier alpha value is -1.33. The predicted molar refractivity (Wildman–Crippen MR) is 62.3 cm³/mol. The number of nitrogens with two attached hydrogens (primary N) is 1. The minimum absolute atomic E-state index is 0. The molecule has 0 aromatic carbocycles. The van der Waals surface area contributed by atoms with Gasteiger partial charge in [-0.05, 0) is 19.1 Å². The minimum Gasteiger partial charge on any atom is -0.459 e. The smallest absolute Gasteiger partial charge is 0.396 e. The molecule has 1 aromatic heterocycles. The van der Waals surface area contributed by atoms with Crippen molar-refractivity contribution in [3.63, 3.8) is 0 Å². The van der Waals surface area contributed by atoms with Crippen LogP contribution in [0.1, 0.15) is 6.92 Å². The van der Waals surface area contributed by atoms with Crippen LogP contribution in [-0.4, -0.2) is 23.5 Å². The van der Waals surface area contributed by atoms with Crippen LogP contribution >= 0.6 is 24.0 Å². The van der Waals surface area contributed by atoms with Gasteiger partial charge in [0.15, 0.2) is 0 Å². The Morgan fingerprint density at radius 3 is 2.38 bits per heavy atom. The first-order valence-corrected chi connectivity index (χ1v) is 4.47. The third-order valence-electron chi connectivity index (χ3n) is 1.10. The number of hydrogen-bond donors (Lipinski definition) is 1. The zero-order chi connectivity index (χ0) is 11.7. The van der Waals surface area contributed by atoms with Crippen molar-refractivity contribution in [3.8, 4) is 0 Å². The molecule has 0 fully saturated rings. The van der Waals surface area contributed by atoms with Gasteiger partial charge in [-0.3, -0.25) is 9.78 Å². The Bertz CT molecular complexity index is 320. The van der Waals surface area contributed by atoms with Gasteiger partial charge in [0.2, 0.25) is 0 Å². The second kappa shape index (κ2) is 10.2. The average Bonchev–Trinajstić information content (AvgIpc) is 2.20. The van der Waals surface area contributed by atoms with E-state index < -0.39 is 11.9 Å². The van der Waals surface area contributed by atoms with Crippen LogP contribution in [0.15, 0.2) is 24.5 Å². The molecule has 90 valence electrons. The van der Waals surface area contributed by atoms with E-state index in [4.69, 9.17) is 11.6 Å². The van der Waals surface area contributed by atoms with Gasteiger partial charge in [-0.2, -0.15) is 0 Å². The number of esters is 1. The summed E-state index contributed by atoms with van der Waals surface area (Å²) in [5.74, 6) is -2.03. The quantitative estimate of drug-likeness (QED) is 0.612. The Kier molecular flexibility index (Phi) is 10.9. The first-order valence-electron chi connectivity index (χ1n) is 4.10. The number of nitrogens with zero attached hydrogens (tertiary/aromatic N) is 1. The number of carbonyl (C=O) groups is 2. The SMILES string of the molecule is CCOC(=O)C(N)=O.Cl.Clc1cccnc1. The first-order chi connectivity index (χ1) is 7.07. The van der Waals surface area contributed by atoms with Gasteiger partial charge < -0.3 is 10.5 Å². The third-order valence-corrected chi connectivity index (χ3v) is 1.33. The zero-order valence-corrected chi connectivity index (χ0v) is 10.1. The molecule has 16 heavy (non-hydrogen) atoms. The number of halogens is 2. The van der Waals surface area contributed by atoms with E-state index >= 15 is 0 Å². The van der Waals surface area contributed by atoms with Gasteiger partial charge in [-0.1, -0.05) is 11.6 Å². The lowest BCUT2D eigenvalue weighted by Crippen LogP contribution is -2.25. The molecule has 7 heteroatoms. The Labute approximate surface area is 104 Å². The number of primary amides is 1. The van der Waals surface area contributed by atoms with Gasteiger partial charge in [0, 0.05) is 12.4 Å². The molecule has 0 saturated heterocycles. The van der Waals surface area contributed by atoms with Gasteiger partial charge >= 0.3 is 11.9 Å². The molecule has 1 heterocycles. The van der Waals surface area contributed by atoms with Crippen LogP contribution in [-0.2, 0) is 14.3 Å². The largest absolute Gasteiger partial charge is 0.459 e. The van der Waals surface area contributed by atoms with Crippen LogP contribution < -0.4 is 5.73 Å². The molecule has 0 radical (unpaired) electrons. The van der Waals surface area contributed by atoms with E-state index in [1.165, 1.54) is 0 Å². The van der Waals surface area contributed by atoms with Crippen molar-refractivity contribution >= 4 is 35.9 Å². The molecule has 1 rings (SSSR count). The van der Waals surface area contributed by atoms with E-state index in [0.717, 1.165) is 0 Å². The summed E-state index contributed by atoms with van der Waals surface area (Å²) in [7, 11) is 0. The topological polar surface area (TPSA) is 82.3 Å². The van der Waals surface area contributed by atoms with Gasteiger partial charge in [0.05, 0.1) is 11.6 Å². The fourth-order valence-electron chi connectivity index (χ4n) is 0.544. The first kappa shape index (κ1) is 17.1. The van der Waals surface area contributed by atoms with Crippen LogP contribution in [0.25, 0.3) is 0 Å². The molecule has 0 bridgehead atoms. The van der Waals surface area contributed by atoms with Gasteiger partial charge in [-0.15, -0.1) is 12.4 Å². The van der Waals surface area contributed by atoms with E-state index in [1.807, 2.05) is 0 Å². The van der Waals surface area contributed by atoms with Crippen LogP contribution in [0.4, 0.5) is 0 Å². The predicted octanol–water partition coefficient (Wildman–Crippen LogP) is 1.19. The standard InChI is InChI=1S/C5H4ClN.C4H7NO3.ClH/c6-5-2-1-3-7-4-5;1-2-8-4(7)3(5)6;/h1-4H;2H2,1H3,(H2,5,6);1H. The molecule has 0 aliphatic carbocycles. The van der Waals surface area contributed by atoms with Crippen LogP contribution in [0.2, 0.25) is 5.02 Å². The lowest BCUT2D eigenvalue weighted by Gasteiger charge is -1.92. The lowest BCUT2D eigenvalue weighted by atomic mass is 10.5. The molecule has 0 aliphatic heterocycles. The molecule has 0 atom stereocenters. The Morgan fingerprint density at radius 2 is 2.19 bits per heavy atom. The Balaban J connectivity index is 0. The van der Waals surface area contributed by atoms with Crippen molar-refractivity contribution in [2.45, 2.75) is 6.92 Å². The number of aromatic nitrogens is 1. The van der Waals surface area contributed by atoms with Gasteiger partial charge in [-0.25, -0.2) is 4.79 Å². The van der Waals surface area contributed by atoms with E-state index in [2.05, 4.69) is 15.5 Å². The van der Waals surface area contributed by atoms with Crippen molar-refractivity contribution in [1.29, 1.82) is 0 Å². The number of carbonyl (C=O) groups excluding carboxylic acids is 2. The van der Waals surface area contributed by atoms with E-state index in [1.54, 1.807) is 31.5 Å². The van der Waals surface area contributed by atoms with Crippen LogP contribution in [0.3, 0.4) is 0 Å². The number of rotatable bonds is 1.